The quantitative estimate of drug-likeness (QED) is 0.351. The Balaban J connectivity index is 0.00000280. The Kier molecular flexibility index (Phi) is 8.43. The lowest BCUT2D eigenvalue weighted by Crippen LogP contribution is -2.53. The third kappa shape index (κ3) is 5.74. The van der Waals surface area contributed by atoms with Crippen molar-refractivity contribution in [3.05, 3.63) is 0 Å². The summed E-state index contributed by atoms with van der Waals surface area (Å²) in [5.74, 6) is 2.01. The van der Waals surface area contributed by atoms with Crippen molar-refractivity contribution in [3.8, 4) is 0 Å². The van der Waals surface area contributed by atoms with E-state index in [1.54, 1.807) is 0 Å². The van der Waals surface area contributed by atoms with Crippen LogP contribution in [0.25, 0.3) is 0 Å². The van der Waals surface area contributed by atoms with Gasteiger partial charge in [0.05, 0.1) is 6.54 Å². The molecule has 2 atom stereocenters. The van der Waals surface area contributed by atoms with Crippen molar-refractivity contribution >= 4 is 35.8 Å². The van der Waals surface area contributed by atoms with Crippen LogP contribution < -0.4 is 10.6 Å². The molecule has 0 aromatic carbocycles. The van der Waals surface area contributed by atoms with Crippen LogP contribution in [0.15, 0.2) is 4.99 Å². The molecule has 3 heterocycles. The first-order valence-electron chi connectivity index (χ1n) is 10.9. The molecule has 0 saturated carbocycles. The second-order valence-electron chi connectivity index (χ2n) is 9.65. The molecule has 162 valence electrons. The second-order valence-corrected chi connectivity index (χ2v) is 9.65. The van der Waals surface area contributed by atoms with Gasteiger partial charge in [0.1, 0.15) is 0 Å². The van der Waals surface area contributed by atoms with Gasteiger partial charge in [-0.05, 0) is 58.9 Å². The van der Waals surface area contributed by atoms with Gasteiger partial charge in [0.2, 0.25) is 5.91 Å². The van der Waals surface area contributed by atoms with E-state index in [1.807, 2.05) is 0 Å². The Labute approximate surface area is 188 Å². The van der Waals surface area contributed by atoms with Gasteiger partial charge in [-0.25, -0.2) is 0 Å². The number of aliphatic imine (C=N–C) groups is 1. The molecular formula is C21H40IN5O. The van der Waals surface area contributed by atoms with Crippen molar-refractivity contribution in [2.75, 3.05) is 45.8 Å². The van der Waals surface area contributed by atoms with Crippen LogP contribution in [0.3, 0.4) is 0 Å². The first kappa shape index (κ1) is 23.7. The first-order chi connectivity index (χ1) is 12.8. The van der Waals surface area contributed by atoms with Crippen molar-refractivity contribution in [3.63, 3.8) is 0 Å². The van der Waals surface area contributed by atoms with Gasteiger partial charge in [0, 0.05) is 50.1 Å². The zero-order valence-electron chi connectivity index (χ0n) is 18.2. The van der Waals surface area contributed by atoms with Gasteiger partial charge in [-0.2, -0.15) is 0 Å². The molecule has 0 aromatic rings. The molecule has 0 bridgehead atoms. The maximum atomic E-state index is 11.8. The Morgan fingerprint density at radius 3 is 2.79 bits per heavy atom. The van der Waals surface area contributed by atoms with Crippen molar-refractivity contribution < 1.29 is 4.79 Å². The average molecular weight is 505 g/mol. The van der Waals surface area contributed by atoms with Crippen LogP contribution >= 0.6 is 24.0 Å². The lowest BCUT2D eigenvalue weighted by atomic mass is 9.79. The number of hydrogen-bond donors (Lipinski definition) is 2. The molecule has 0 aliphatic carbocycles. The molecule has 1 spiro atoms. The van der Waals surface area contributed by atoms with E-state index < -0.39 is 0 Å². The number of nitrogens with one attached hydrogen (secondary N) is 2. The predicted molar refractivity (Wildman–Crippen MR) is 126 cm³/mol. The average Bonchev–Trinajstić information content (AvgIpc) is 2.98. The van der Waals surface area contributed by atoms with Gasteiger partial charge in [-0.3, -0.25) is 14.7 Å². The fraction of sp³-hybridized carbons (Fsp3) is 0.905. The fourth-order valence-electron chi connectivity index (χ4n) is 4.96. The molecule has 3 aliphatic rings. The van der Waals surface area contributed by atoms with E-state index in [1.165, 1.54) is 25.9 Å². The molecule has 3 rings (SSSR count). The summed E-state index contributed by atoms with van der Waals surface area (Å²) in [5, 5.41) is 6.55. The zero-order chi connectivity index (χ0) is 19.5. The monoisotopic (exact) mass is 505 g/mol. The van der Waals surface area contributed by atoms with E-state index in [0.29, 0.717) is 6.42 Å². The molecular weight excluding hydrogens is 465 g/mol. The molecule has 2 N–H and O–H groups in total. The highest BCUT2D eigenvalue weighted by molar-refractivity contribution is 14.0. The van der Waals surface area contributed by atoms with E-state index in [0.717, 1.165) is 57.4 Å². The summed E-state index contributed by atoms with van der Waals surface area (Å²) in [6.45, 7) is 16.0. The number of halogens is 1. The van der Waals surface area contributed by atoms with Crippen LogP contribution in [-0.4, -0.2) is 73.0 Å². The Hall–Kier alpha value is -0.570. The normalized spacial score (nSPS) is 29.6. The third-order valence-electron chi connectivity index (χ3n) is 6.62. The molecule has 7 heteroatoms. The van der Waals surface area contributed by atoms with Crippen LogP contribution in [0.5, 0.6) is 0 Å². The number of carbonyl (C=O) groups is 1. The summed E-state index contributed by atoms with van der Waals surface area (Å²) in [6, 6.07) is 0. The minimum absolute atomic E-state index is 0. The van der Waals surface area contributed by atoms with Crippen molar-refractivity contribution in [1.29, 1.82) is 0 Å². The number of nitrogens with zero attached hydrogens (tertiary/aromatic N) is 3. The maximum absolute atomic E-state index is 11.8. The smallest absolute Gasteiger partial charge is 0.220 e. The van der Waals surface area contributed by atoms with Crippen molar-refractivity contribution in [1.82, 2.24) is 20.4 Å². The number of piperidine rings is 2. The Morgan fingerprint density at radius 2 is 2.14 bits per heavy atom. The van der Waals surface area contributed by atoms with E-state index in [-0.39, 0.29) is 40.8 Å². The van der Waals surface area contributed by atoms with Crippen molar-refractivity contribution in [2.45, 2.75) is 65.3 Å². The van der Waals surface area contributed by atoms with Gasteiger partial charge in [0.15, 0.2) is 5.96 Å². The standard InChI is InChI=1S/C21H39N5O.HI/c1-5-22-19(24-14-20(3,4)26-11-6-8-17(2)13-26)25-10-7-9-21(16-25)12-18(27)23-15-21;/h17H,5-16H2,1-4H3,(H,22,24)(H,23,27);1H. The molecule has 0 aromatic heterocycles. The molecule has 3 saturated heterocycles. The molecule has 6 nitrogen and oxygen atoms in total. The van der Waals surface area contributed by atoms with Crippen LogP contribution in [0.2, 0.25) is 0 Å². The summed E-state index contributed by atoms with van der Waals surface area (Å²) in [4.78, 5) is 21.9. The summed E-state index contributed by atoms with van der Waals surface area (Å²) in [7, 11) is 0. The highest BCUT2D eigenvalue weighted by Gasteiger charge is 2.42. The van der Waals surface area contributed by atoms with E-state index in [2.05, 4.69) is 48.1 Å². The number of guanidine groups is 1. The highest BCUT2D eigenvalue weighted by Crippen LogP contribution is 2.36. The van der Waals surface area contributed by atoms with Gasteiger partial charge in [-0.1, -0.05) is 6.92 Å². The number of carbonyl (C=O) groups excluding carboxylic acids is 1. The van der Waals surface area contributed by atoms with Crippen LogP contribution in [0.4, 0.5) is 0 Å². The summed E-state index contributed by atoms with van der Waals surface area (Å²) in [5.41, 5.74) is 0.178. The Morgan fingerprint density at radius 1 is 1.36 bits per heavy atom. The fourth-order valence-corrected chi connectivity index (χ4v) is 4.96. The number of amides is 1. The van der Waals surface area contributed by atoms with Gasteiger partial charge >= 0.3 is 0 Å². The molecule has 3 fully saturated rings. The topological polar surface area (TPSA) is 60.0 Å². The predicted octanol–water partition coefficient (Wildman–Crippen LogP) is 2.68. The SMILES string of the molecule is CCNC(=NCC(C)(C)N1CCCC(C)C1)N1CCCC2(CNC(=O)C2)C1.I. The minimum atomic E-state index is 0. The summed E-state index contributed by atoms with van der Waals surface area (Å²) in [6.07, 6.45) is 5.58. The van der Waals surface area contributed by atoms with Crippen LogP contribution in [-0.2, 0) is 4.79 Å². The maximum Gasteiger partial charge on any atom is 0.220 e. The molecule has 2 unspecified atom stereocenters. The van der Waals surface area contributed by atoms with Gasteiger partial charge < -0.3 is 15.5 Å². The van der Waals surface area contributed by atoms with Gasteiger partial charge in [-0.15, -0.1) is 24.0 Å². The number of rotatable bonds is 4. The van der Waals surface area contributed by atoms with Crippen LogP contribution in [0, 0.1) is 11.3 Å². The third-order valence-corrected chi connectivity index (χ3v) is 6.62. The number of hydrogen-bond acceptors (Lipinski definition) is 3. The van der Waals surface area contributed by atoms with E-state index in [9.17, 15) is 4.79 Å². The first-order valence-corrected chi connectivity index (χ1v) is 10.9. The van der Waals surface area contributed by atoms with Crippen molar-refractivity contribution in [2.24, 2.45) is 16.3 Å². The Bertz CT molecular complexity index is 567. The zero-order valence-corrected chi connectivity index (χ0v) is 20.6. The van der Waals surface area contributed by atoms with Crippen LogP contribution in [0.1, 0.15) is 59.8 Å². The molecule has 1 amide bonds. The highest BCUT2D eigenvalue weighted by atomic mass is 127. The summed E-state index contributed by atoms with van der Waals surface area (Å²) >= 11 is 0. The molecule has 28 heavy (non-hydrogen) atoms. The minimum Gasteiger partial charge on any atom is -0.357 e. The number of likely N-dealkylation sites (tertiary alicyclic amines) is 2. The molecule has 3 aliphatic heterocycles. The molecule has 0 radical (unpaired) electrons. The van der Waals surface area contributed by atoms with Gasteiger partial charge in [0.25, 0.3) is 0 Å². The largest absolute Gasteiger partial charge is 0.357 e. The van der Waals surface area contributed by atoms with E-state index in [4.69, 9.17) is 4.99 Å². The summed E-state index contributed by atoms with van der Waals surface area (Å²) < 4.78 is 0. The lowest BCUT2D eigenvalue weighted by molar-refractivity contribution is -0.119. The van der Waals surface area contributed by atoms with E-state index >= 15 is 0 Å². The second kappa shape index (κ2) is 9.96. The lowest BCUT2D eigenvalue weighted by Gasteiger charge is -2.43.